The highest BCUT2D eigenvalue weighted by Crippen LogP contribution is 2.22. The van der Waals surface area contributed by atoms with E-state index in [0.717, 1.165) is 39.1 Å². The van der Waals surface area contributed by atoms with Gasteiger partial charge in [-0.3, -0.25) is 4.79 Å². The topological polar surface area (TPSA) is 78.9 Å². The van der Waals surface area contributed by atoms with Gasteiger partial charge in [0.25, 0.3) is 0 Å². The summed E-state index contributed by atoms with van der Waals surface area (Å²) in [5.41, 5.74) is 5.59. The molecule has 4 aromatic carbocycles. The highest BCUT2D eigenvalue weighted by Gasteiger charge is 2.08. The van der Waals surface area contributed by atoms with Gasteiger partial charge < -0.3 is 16.0 Å². The lowest BCUT2D eigenvalue weighted by atomic mass is 10.0. The number of nitrogens with zero attached hydrogens (tertiary/aromatic N) is 2. The van der Waals surface area contributed by atoms with E-state index in [-0.39, 0.29) is 5.91 Å². The van der Waals surface area contributed by atoms with Crippen molar-refractivity contribution in [2.24, 2.45) is 0 Å². The molecule has 36 heavy (non-hydrogen) atoms. The van der Waals surface area contributed by atoms with Gasteiger partial charge in [-0.05, 0) is 66.6 Å². The summed E-state index contributed by atoms with van der Waals surface area (Å²) >= 11 is 0. The first-order valence-electron chi connectivity index (χ1n) is 11.8. The van der Waals surface area contributed by atoms with Gasteiger partial charge >= 0.3 is 0 Å². The molecule has 1 heterocycles. The predicted octanol–water partition coefficient (Wildman–Crippen LogP) is 6.92. The van der Waals surface area contributed by atoms with Crippen LogP contribution in [0.3, 0.4) is 0 Å². The fourth-order valence-electron chi connectivity index (χ4n) is 4.06. The minimum absolute atomic E-state index is 0.0547. The van der Waals surface area contributed by atoms with Crippen LogP contribution in [0.4, 0.5) is 28.8 Å². The van der Waals surface area contributed by atoms with Gasteiger partial charge in [-0.2, -0.15) is 4.98 Å². The molecule has 5 rings (SSSR count). The number of hydrogen-bond donors (Lipinski definition) is 3. The van der Waals surface area contributed by atoms with E-state index in [9.17, 15) is 4.79 Å². The second kappa shape index (κ2) is 10.3. The molecule has 3 N–H and O–H groups in total. The molecule has 0 saturated carbocycles. The van der Waals surface area contributed by atoms with Crippen LogP contribution in [0.2, 0.25) is 0 Å². The average Bonchev–Trinajstić information content (AvgIpc) is 2.86. The molecule has 178 valence electrons. The van der Waals surface area contributed by atoms with Crippen LogP contribution in [0.5, 0.6) is 0 Å². The normalized spacial score (nSPS) is 10.7. The summed E-state index contributed by atoms with van der Waals surface area (Å²) < 4.78 is 0. The lowest BCUT2D eigenvalue weighted by Crippen LogP contribution is -2.14. The molecule has 0 atom stereocenters. The molecule has 5 aromatic rings. The molecule has 6 nitrogen and oxygen atoms in total. The van der Waals surface area contributed by atoms with Crippen molar-refractivity contribution < 1.29 is 4.79 Å². The van der Waals surface area contributed by atoms with Gasteiger partial charge in [0.15, 0.2) is 0 Å². The number of anilines is 5. The fraction of sp³-hybridized carbons (Fsp3) is 0.100. The molecule has 0 aliphatic heterocycles. The molecule has 0 aliphatic rings. The van der Waals surface area contributed by atoms with E-state index in [1.165, 1.54) is 5.56 Å². The van der Waals surface area contributed by atoms with Crippen molar-refractivity contribution in [3.05, 3.63) is 114 Å². The Bertz CT molecular complexity index is 1510. The van der Waals surface area contributed by atoms with Crippen LogP contribution in [0.25, 0.3) is 10.8 Å². The summed E-state index contributed by atoms with van der Waals surface area (Å²) in [6.45, 7) is 3.99. The minimum Gasteiger partial charge on any atom is -0.340 e. The molecule has 0 aliphatic carbocycles. The lowest BCUT2D eigenvalue weighted by Gasteiger charge is -2.11. The highest BCUT2D eigenvalue weighted by molar-refractivity contribution is 5.96. The number of aryl methyl sites for hydroxylation is 2. The summed E-state index contributed by atoms with van der Waals surface area (Å²) in [7, 11) is 0. The molecule has 0 unspecified atom stereocenters. The van der Waals surface area contributed by atoms with Crippen molar-refractivity contribution in [3.63, 3.8) is 0 Å². The number of hydrogen-bond acceptors (Lipinski definition) is 5. The maximum Gasteiger partial charge on any atom is 0.229 e. The Hall–Kier alpha value is -4.71. The van der Waals surface area contributed by atoms with Crippen molar-refractivity contribution in [3.8, 4) is 0 Å². The molecule has 1 amide bonds. The van der Waals surface area contributed by atoms with Gasteiger partial charge in [-0.15, -0.1) is 0 Å². The van der Waals surface area contributed by atoms with Gasteiger partial charge in [0, 0.05) is 28.8 Å². The van der Waals surface area contributed by atoms with Crippen molar-refractivity contribution in [2.75, 3.05) is 16.0 Å². The fourth-order valence-corrected chi connectivity index (χ4v) is 4.06. The number of nitrogens with one attached hydrogen (secondary N) is 3. The number of aromatic nitrogens is 2. The van der Waals surface area contributed by atoms with Crippen molar-refractivity contribution >= 4 is 45.5 Å². The van der Waals surface area contributed by atoms with E-state index in [1.807, 2.05) is 79.7 Å². The molecule has 0 radical (unpaired) electrons. The van der Waals surface area contributed by atoms with E-state index in [1.54, 1.807) is 0 Å². The third kappa shape index (κ3) is 5.67. The standard InChI is InChI=1S/C30H27N5O/c1-20-10-12-24(13-11-20)32-28-18-21(2)31-30(35-28)34-26-16-14-25(15-17-26)33-29(36)19-23-8-5-7-22-6-3-4-9-27(22)23/h3-18H,19H2,1-2H3,(H,33,36)(H2,31,32,34,35). The first-order chi connectivity index (χ1) is 17.5. The van der Waals surface area contributed by atoms with Crippen LogP contribution in [-0.2, 0) is 11.2 Å². The van der Waals surface area contributed by atoms with Crippen molar-refractivity contribution in [1.82, 2.24) is 9.97 Å². The van der Waals surface area contributed by atoms with E-state index in [4.69, 9.17) is 0 Å². The number of carbonyl (C=O) groups is 1. The monoisotopic (exact) mass is 473 g/mol. The highest BCUT2D eigenvalue weighted by atomic mass is 16.1. The maximum atomic E-state index is 12.7. The number of rotatable bonds is 7. The SMILES string of the molecule is Cc1ccc(Nc2cc(C)nc(Nc3ccc(NC(=O)Cc4cccc5ccccc45)cc3)n2)cc1. The molecule has 0 spiro atoms. The van der Waals surface area contributed by atoms with Gasteiger partial charge in [0.1, 0.15) is 5.82 Å². The first-order valence-corrected chi connectivity index (χ1v) is 11.8. The molecule has 1 aromatic heterocycles. The smallest absolute Gasteiger partial charge is 0.229 e. The molecular weight excluding hydrogens is 446 g/mol. The van der Waals surface area contributed by atoms with Gasteiger partial charge in [-0.1, -0.05) is 60.2 Å². The number of fused-ring (bicyclic) bond motifs is 1. The first kappa shape index (κ1) is 23.1. The second-order valence-electron chi connectivity index (χ2n) is 8.77. The van der Waals surface area contributed by atoms with Crippen LogP contribution in [0.1, 0.15) is 16.8 Å². The molecular formula is C30H27N5O. The van der Waals surface area contributed by atoms with Crippen molar-refractivity contribution in [2.45, 2.75) is 20.3 Å². The molecule has 6 heteroatoms. The number of benzene rings is 4. The Morgan fingerprint density at radius 2 is 1.39 bits per heavy atom. The van der Waals surface area contributed by atoms with Crippen LogP contribution in [0, 0.1) is 13.8 Å². The Labute approximate surface area is 210 Å². The second-order valence-corrected chi connectivity index (χ2v) is 8.77. The van der Waals surface area contributed by atoms with E-state index in [2.05, 4.69) is 57.1 Å². The number of amides is 1. The van der Waals surface area contributed by atoms with Gasteiger partial charge in [-0.25, -0.2) is 4.98 Å². The van der Waals surface area contributed by atoms with Crippen LogP contribution in [-0.4, -0.2) is 15.9 Å². The van der Waals surface area contributed by atoms with Crippen LogP contribution in [0.15, 0.2) is 97.1 Å². The quantitative estimate of drug-likeness (QED) is 0.239. The lowest BCUT2D eigenvalue weighted by molar-refractivity contribution is -0.115. The third-order valence-corrected chi connectivity index (χ3v) is 5.83. The van der Waals surface area contributed by atoms with Crippen LogP contribution >= 0.6 is 0 Å². The summed E-state index contributed by atoms with van der Waals surface area (Å²) in [4.78, 5) is 21.8. The van der Waals surface area contributed by atoms with Gasteiger partial charge in [0.2, 0.25) is 11.9 Å². The van der Waals surface area contributed by atoms with Gasteiger partial charge in [0.05, 0.1) is 6.42 Å². The zero-order chi connectivity index (χ0) is 24.9. The molecule has 0 bridgehead atoms. The Balaban J connectivity index is 1.23. The Morgan fingerprint density at radius 3 is 2.19 bits per heavy atom. The summed E-state index contributed by atoms with van der Waals surface area (Å²) in [6.07, 6.45) is 0.315. The summed E-state index contributed by atoms with van der Waals surface area (Å²) in [6, 6.07) is 31.7. The summed E-state index contributed by atoms with van der Waals surface area (Å²) in [5.74, 6) is 1.16. The Morgan fingerprint density at radius 1 is 0.722 bits per heavy atom. The Kier molecular flexibility index (Phi) is 6.58. The average molecular weight is 474 g/mol. The van der Waals surface area contributed by atoms with E-state index < -0.39 is 0 Å². The van der Waals surface area contributed by atoms with E-state index in [0.29, 0.717) is 18.2 Å². The molecule has 0 fully saturated rings. The third-order valence-electron chi connectivity index (χ3n) is 5.83. The minimum atomic E-state index is -0.0547. The van der Waals surface area contributed by atoms with Crippen molar-refractivity contribution in [1.29, 1.82) is 0 Å². The number of carbonyl (C=O) groups excluding carboxylic acids is 1. The summed E-state index contributed by atoms with van der Waals surface area (Å²) in [5, 5.41) is 11.8. The zero-order valence-electron chi connectivity index (χ0n) is 20.2. The van der Waals surface area contributed by atoms with Crippen LogP contribution < -0.4 is 16.0 Å². The van der Waals surface area contributed by atoms with E-state index >= 15 is 0 Å². The largest absolute Gasteiger partial charge is 0.340 e. The molecule has 0 saturated heterocycles. The zero-order valence-corrected chi connectivity index (χ0v) is 20.2. The maximum absolute atomic E-state index is 12.7. The predicted molar refractivity (Wildman–Crippen MR) is 147 cm³/mol.